The molecule has 34 heavy (non-hydrogen) atoms. The first kappa shape index (κ1) is 23.7. The molecule has 0 radical (unpaired) electrons. The van der Waals surface area contributed by atoms with Gasteiger partial charge in [-0.05, 0) is 66.9 Å². The SMILES string of the molecule is Cc1cc(F)cc(CNC(=O)c2ccc3c(c2)N(Cc2c(F)cccc2Cl)C(=O)N(C)[C@H]3C)c1. The smallest absolute Gasteiger partial charge is 0.325 e. The number of urea groups is 1. The van der Waals surface area contributed by atoms with Gasteiger partial charge in [0.15, 0.2) is 0 Å². The molecule has 1 N–H and O–H groups in total. The standard InChI is InChI=1S/C26H24ClF2N3O2/c1-15-9-17(11-19(28)10-15)13-30-25(33)18-7-8-20-16(2)31(3)26(34)32(24(20)12-18)14-21-22(27)5-4-6-23(21)29/h4-12,16H,13-14H2,1-3H3,(H,30,33)/t16-/m0/s1. The largest absolute Gasteiger partial charge is 0.348 e. The molecule has 0 aromatic heterocycles. The Kier molecular flexibility index (Phi) is 6.57. The van der Waals surface area contributed by atoms with E-state index in [2.05, 4.69) is 5.32 Å². The second kappa shape index (κ2) is 9.43. The molecule has 1 aliphatic heterocycles. The summed E-state index contributed by atoms with van der Waals surface area (Å²) in [6.07, 6.45) is 0. The first-order valence-electron chi connectivity index (χ1n) is 10.8. The Bertz CT molecular complexity index is 1240. The molecule has 0 spiro atoms. The number of aryl methyl sites for hydroxylation is 1. The van der Waals surface area contributed by atoms with Gasteiger partial charge >= 0.3 is 6.03 Å². The summed E-state index contributed by atoms with van der Waals surface area (Å²) in [7, 11) is 1.67. The van der Waals surface area contributed by atoms with E-state index < -0.39 is 5.82 Å². The molecule has 1 aliphatic rings. The van der Waals surface area contributed by atoms with Gasteiger partial charge in [0, 0.05) is 29.7 Å². The minimum Gasteiger partial charge on any atom is -0.348 e. The summed E-state index contributed by atoms with van der Waals surface area (Å²) in [6, 6.07) is 13.5. The van der Waals surface area contributed by atoms with E-state index in [4.69, 9.17) is 11.6 Å². The lowest BCUT2D eigenvalue weighted by Gasteiger charge is -2.39. The van der Waals surface area contributed by atoms with Crippen LogP contribution in [0.25, 0.3) is 0 Å². The molecule has 0 aliphatic carbocycles. The molecule has 3 amide bonds. The normalized spacial score (nSPS) is 15.4. The van der Waals surface area contributed by atoms with E-state index in [0.29, 0.717) is 16.8 Å². The van der Waals surface area contributed by atoms with Gasteiger partial charge in [0.25, 0.3) is 5.91 Å². The van der Waals surface area contributed by atoms with Crippen LogP contribution in [0, 0.1) is 18.6 Å². The topological polar surface area (TPSA) is 52.7 Å². The molecule has 0 fully saturated rings. The number of fused-ring (bicyclic) bond motifs is 1. The average molecular weight is 484 g/mol. The Balaban J connectivity index is 1.64. The first-order chi connectivity index (χ1) is 16.2. The predicted molar refractivity (Wildman–Crippen MR) is 128 cm³/mol. The van der Waals surface area contributed by atoms with Gasteiger partial charge in [-0.2, -0.15) is 0 Å². The molecule has 3 aromatic carbocycles. The molecule has 0 saturated carbocycles. The molecule has 8 heteroatoms. The van der Waals surface area contributed by atoms with E-state index in [9.17, 15) is 18.4 Å². The highest BCUT2D eigenvalue weighted by atomic mass is 35.5. The van der Waals surface area contributed by atoms with Crippen molar-refractivity contribution in [1.82, 2.24) is 10.2 Å². The number of rotatable bonds is 5. The van der Waals surface area contributed by atoms with Crippen LogP contribution in [-0.2, 0) is 13.1 Å². The van der Waals surface area contributed by atoms with Crippen LogP contribution in [0.2, 0.25) is 5.02 Å². The second-order valence-corrected chi connectivity index (χ2v) is 8.86. The number of carbonyl (C=O) groups excluding carboxylic acids is 2. The predicted octanol–water partition coefficient (Wildman–Crippen LogP) is 5.99. The highest BCUT2D eigenvalue weighted by molar-refractivity contribution is 6.31. The molecule has 5 nitrogen and oxygen atoms in total. The van der Waals surface area contributed by atoms with Gasteiger partial charge in [-0.1, -0.05) is 29.8 Å². The number of hydrogen-bond donors (Lipinski definition) is 1. The summed E-state index contributed by atoms with van der Waals surface area (Å²) in [5.41, 5.74) is 3.28. The van der Waals surface area contributed by atoms with Gasteiger partial charge in [0.1, 0.15) is 11.6 Å². The van der Waals surface area contributed by atoms with Gasteiger partial charge < -0.3 is 10.2 Å². The maximum atomic E-state index is 14.5. The molecule has 0 bridgehead atoms. The summed E-state index contributed by atoms with van der Waals surface area (Å²) in [5.74, 6) is -1.24. The highest BCUT2D eigenvalue weighted by Crippen LogP contribution is 2.38. The zero-order valence-electron chi connectivity index (χ0n) is 19.0. The number of carbonyl (C=O) groups is 2. The summed E-state index contributed by atoms with van der Waals surface area (Å²) < 4.78 is 28.1. The van der Waals surface area contributed by atoms with E-state index >= 15 is 0 Å². The number of benzene rings is 3. The summed E-state index contributed by atoms with van der Waals surface area (Å²) in [5, 5.41) is 3.01. The van der Waals surface area contributed by atoms with Crippen LogP contribution < -0.4 is 10.2 Å². The van der Waals surface area contributed by atoms with E-state index in [1.54, 1.807) is 49.2 Å². The molecule has 3 aromatic rings. The Morgan fingerprint density at radius 2 is 1.88 bits per heavy atom. The van der Waals surface area contributed by atoms with Crippen molar-refractivity contribution in [3.63, 3.8) is 0 Å². The van der Waals surface area contributed by atoms with E-state index in [1.165, 1.54) is 29.2 Å². The number of halogens is 3. The minimum absolute atomic E-state index is 0.0813. The number of amides is 3. The molecule has 0 saturated heterocycles. The van der Waals surface area contributed by atoms with E-state index in [-0.39, 0.29) is 47.5 Å². The zero-order valence-corrected chi connectivity index (χ0v) is 19.8. The Morgan fingerprint density at radius 1 is 1.12 bits per heavy atom. The van der Waals surface area contributed by atoms with Crippen molar-refractivity contribution in [2.75, 3.05) is 11.9 Å². The van der Waals surface area contributed by atoms with Gasteiger partial charge in [-0.15, -0.1) is 0 Å². The molecule has 0 unspecified atom stereocenters. The molecular weight excluding hydrogens is 460 g/mol. The average Bonchev–Trinajstić information content (AvgIpc) is 2.79. The summed E-state index contributed by atoms with van der Waals surface area (Å²) >= 11 is 6.21. The van der Waals surface area contributed by atoms with E-state index in [1.807, 2.05) is 6.92 Å². The van der Waals surface area contributed by atoms with Crippen LogP contribution in [0.1, 0.15) is 45.6 Å². The number of hydrogen-bond acceptors (Lipinski definition) is 2. The Hall–Kier alpha value is -3.45. The van der Waals surface area contributed by atoms with Crippen LogP contribution in [0.15, 0.2) is 54.6 Å². The third kappa shape index (κ3) is 4.61. The van der Waals surface area contributed by atoms with Gasteiger partial charge in [0.05, 0.1) is 18.3 Å². The highest BCUT2D eigenvalue weighted by Gasteiger charge is 2.34. The Labute approximate surface area is 201 Å². The number of nitrogens with one attached hydrogen (secondary N) is 1. The lowest BCUT2D eigenvalue weighted by atomic mass is 9.98. The van der Waals surface area contributed by atoms with Gasteiger partial charge in [0.2, 0.25) is 0 Å². The van der Waals surface area contributed by atoms with Crippen LogP contribution in [0.5, 0.6) is 0 Å². The van der Waals surface area contributed by atoms with Crippen molar-refractivity contribution >= 4 is 29.2 Å². The van der Waals surface area contributed by atoms with Crippen molar-refractivity contribution < 1.29 is 18.4 Å². The molecule has 176 valence electrons. The van der Waals surface area contributed by atoms with Crippen molar-refractivity contribution in [1.29, 1.82) is 0 Å². The lowest BCUT2D eigenvalue weighted by Crippen LogP contribution is -2.46. The maximum absolute atomic E-state index is 14.5. The molecule has 4 rings (SSSR count). The molecule has 1 atom stereocenters. The minimum atomic E-state index is -0.512. The third-order valence-electron chi connectivity index (χ3n) is 6.08. The summed E-state index contributed by atoms with van der Waals surface area (Å²) in [6.45, 7) is 3.74. The van der Waals surface area contributed by atoms with Crippen molar-refractivity contribution in [3.8, 4) is 0 Å². The maximum Gasteiger partial charge on any atom is 0.325 e. The van der Waals surface area contributed by atoms with Gasteiger partial charge in [-0.3, -0.25) is 9.69 Å². The van der Waals surface area contributed by atoms with Crippen LogP contribution in [0.4, 0.5) is 19.3 Å². The van der Waals surface area contributed by atoms with Crippen molar-refractivity contribution in [2.24, 2.45) is 0 Å². The summed E-state index contributed by atoms with van der Waals surface area (Å²) in [4.78, 5) is 29.0. The molecule has 1 heterocycles. The van der Waals surface area contributed by atoms with Gasteiger partial charge in [-0.25, -0.2) is 13.6 Å². The third-order valence-corrected chi connectivity index (χ3v) is 6.43. The quantitative estimate of drug-likeness (QED) is 0.484. The van der Waals surface area contributed by atoms with Crippen molar-refractivity contribution in [3.05, 3.63) is 99.1 Å². The first-order valence-corrected chi connectivity index (χ1v) is 11.2. The number of nitrogens with zero attached hydrogens (tertiary/aromatic N) is 2. The van der Waals surface area contributed by atoms with Crippen LogP contribution in [0.3, 0.4) is 0 Å². The zero-order chi connectivity index (χ0) is 24.6. The lowest BCUT2D eigenvalue weighted by molar-refractivity contribution is 0.0950. The monoisotopic (exact) mass is 483 g/mol. The molecular formula is C26H24ClF2N3O2. The van der Waals surface area contributed by atoms with Crippen LogP contribution in [-0.4, -0.2) is 23.9 Å². The fraction of sp³-hybridized carbons (Fsp3) is 0.231. The fourth-order valence-electron chi connectivity index (χ4n) is 4.13. The van der Waals surface area contributed by atoms with E-state index in [0.717, 1.165) is 11.1 Å². The fourth-order valence-corrected chi connectivity index (χ4v) is 4.36. The second-order valence-electron chi connectivity index (χ2n) is 8.45. The Morgan fingerprint density at radius 3 is 2.59 bits per heavy atom. The van der Waals surface area contributed by atoms with Crippen LogP contribution >= 0.6 is 11.6 Å². The number of anilines is 1. The van der Waals surface area contributed by atoms with Crippen molar-refractivity contribution in [2.45, 2.75) is 33.0 Å².